The van der Waals surface area contributed by atoms with E-state index in [1.807, 2.05) is 0 Å². The van der Waals surface area contributed by atoms with Gasteiger partial charge in [-0.2, -0.15) is 0 Å². The minimum Gasteiger partial charge on any atom is -0.481 e. The molecule has 1 fully saturated rings. The molecule has 8 heteroatoms. The molecule has 0 aromatic rings. The van der Waals surface area contributed by atoms with E-state index in [1.165, 1.54) is 0 Å². The molecule has 1 saturated heterocycles. The summed E-state index contributed by atoms with van der Waals surface area (Å²) in [5, 5.41) is 22.1. The fourth-order valence-electron chi connectivity index (χ4n) is 1.72. The molecular formula is C11H18N2O6. The Balaban J connectivity index is 2.29. The number of hydrogen-bond donors (Lipinski definition) is 4. The van der Waals surface area contributed by atoms with Gasteiger partial charge in [0.15, 0.2) is 0 Å². The van der Waals surface area contributed by atoms with Crippen LogP contribution >= 0.6 is 0 Å². The first-order valence-electron chi connectivity index (χ1n) is 6.05. The summed E-state index contributed by atoms with van der Waals surface area (Å²) >= 11 is 0. The van der Waals surface area contributed by atoms with Gasteiger partial charge in [0.25, 0.3) is 0 Å². The summed E-state index contributed by atoms with van der Waals surface area (Å²) in [5.74, 6) is -2.11. The van der Waals surface area contributed by atoms with Crippen molar-refractivity contribution in [2.75, 3.05) is 19.8 Å². The van der Waals surface area contributed by atoms with Crippen LogP contribution in [0.1, 0.15) is 19.3 Å². The molecule has 4 N–H and O–H groups in total. The van der Waals surface area contributed by atoms with Crippen LogP contribution in [-0.2, 0) is 14.3 Å². The second-order valence-corrected chi connectivity index (χ2v) is 4.41. The topological polar surface area (TPSA) is 125 Å². The maximum absolute atomic E-state index is 11.5. The Labute approximate surface area is 110 Å². The van der Waals surface area contributed by atoms with Gasteiger partial charge in [-0.05, 0) is 12.8 Å². The van der Waals surface area contributed by atoms with Crippen LogP contribution in [0.2, 0.25) is 0 Å². The summed E-state index contributed by atoms with van der Waals surface area (Å²) in [4.78, 5) is 32.7. The van der Waals surface area contributed by atoms with E-state index < -0.39 is 24.0 Å². The zero-order valence-corrected chi connectivity index (χ0v) is 10.4. The largest absolute Gasteiger partial charge is 0.481 e. The monoisotopic (exact) mass is 274 g/mol. The molecule has 2 unspecified atom stereocenters. The number of nitrogens with one attached hydrogen (secondary N) is 2. The molecule has 0 bridgehead atoms. The van der Waals surface area contributed by atoms with Gasteiger partial charge in [-0.15, -0.1) is 0 Å². The highest BCUT2D eigenvalue weighted by atomic mass is 16.5. The van der Waals surface area contributed by atoms with Gasteiger partial charge in [-0.3, -0.25) is 4.79 Å². The molecule has 2 amide bonds. The van der Waals surface area contributed by atoms with Gasteiger partial charge in [0, 0.05) is 25.5 Å². The maximum atomic E-state index is 11.5. The van der Waals surface area contributed by atoms with Crippen molar-refractivity contribution in [1.82, 2.24) is 10.6 Å². The first-order valence-corrected chi connectivity index (χ1v) is 6.05. The van der Waals surface area contributed by atoms with Crippen molar-refractivity contribution >= 4 is 18.0 Å². The third-order valence-corrected chi connectivity index (χ3v) is 2.83. The number of urea groups is 1. The lowest BCUT2D eigenvalue weighted by Crippen LogP contribution is -2.47. The van der Waals surface area contributed by atoms with Crippen LogP contribution in [-0.4, -0.2) is 54.0 Å². The third kappa shape index (κ3) is 6.05. The molecule has 0 aliphatic carbocycles. The molecule has 0 saturated carbocycles. The first kappa shape index (κ1) is 15.2. The van der Waals surface area contributed by atoms with Crippen LogP contribution in [0.3, 0.4) is 0 Å². The van der Waals surface area contributed by atoms with E-state index in [-0.39, 0.29) is 18.8 Å². The van der Waals surface area contributed by atoms with Crippen LogP contribution in [0, 0.1) is 5.92 Å². The quantitative estimate of drug-likeness (QED) is 0.502. The average molecular weight is 274 g/mol. The van der Waals surface area contributed by atoms with Crippen LogP contribution in [0.15, 0.2) is 0 Å². The molecular weight excluding hydrogens is 256 g/mol. The molecule has 0 aromatic carbocycles. The van der Waals surface area contributed by atoms with Gasteiger partial charge >= 0.3 is 18.0 Å². The van der Waals surface area contributed by atoms with Crippen molar-refractivity contribution in [2.45, 2.75) is 25.3 Å². The lowest BCUT2D eigenvalue weighted by molar-refractivity contribution is -0.140. The summed E-state index contributed by atoms with van der Waals surface area (Å²) in [6.45, 7) is 1.67. The van der Waals surface area contributed by atoms with Crippen LogP contribution in [0.5, 0.6) is 0 Å². The first-order chi connectivity index (χ1) is 8.99. The predicted octanol–water partition coefficient (Wildman–Crippen LogP) is -0.360. The molecule has 108 valence electrons. The van der Waals surface area contributed by atoms with E-state index in [1.54, 1.807) is 0 Å². The SMILES string of the molecule is O=C(O)CCC(NC(=O)NCC1CCOC1)C(=O)O. The lowest BCUT2D eigenvalue weighted by atomic mass is 10.1. The smallest absolute Gasteiger partial charge is 0.326 e. The third-order valence-electron chi connectivity index (χ3n) is 2.83. The molecule has 1 rings (SSSR count). The van der Waals surface area contributed by atoms with Gasteiger partial charge in [0.1, 0.15) is 6.04 Å². The molecule has 0 spiro atoms. The van der Waals surface area contributed by atoms with Crippen LogP contribution in [0.4, 0.5) is 4.79 Å². The lowest BCUT2D eigenvalue weighted by Gasteiger charge is -2.15. The summed E-state index contributed by atoms with van der Waals surface area (Å²) in [5.41, 5.74) is 0. The number of carboxylic acid groups (broad SMARTS) is 2. The molecule has 0 aromatic heterocycles. The Morgan fingerprint density at radius 3 is 2.58 bits per heavy atom. The summed E-state index contributed by atoms with van der Waals surface area (Å²) < 4.78 is 5.14. The van der Waals surface area contributed by atoms with Gasteiger partial charge in [0.2, 0.25) is 0 Å². The Morgan fingerprint density at radius 2 is 2.05 bits per heavy atom. The van der Waals surface area contributed by atoms with E-state index in [0.717, 1.165) is 6.42 Å². The molecule has 2 atom stereocenters. The van der Waals surface area contributed by atoms with Crippen molar-refractivity contribution in [1.29, 1.82) is 0 Å². The van der Waals surface area contributed by atoms with Crippen molar-refractivity contribution in [2.24, 2.45) is 5.92 Å². The van der Waals surface area contributed by atoms with Crippen molar-refractivity contribution < 1.29 is 29.3 Å². The van der Waals surface area contributed by atoms with Crippen LogP contribution in [0.25, 0.3) is 0 Å². The molecule has 1 aliphatic heterocycles. The van der Waals surface area contributed by atoms with E-state index in [2.05, 4.69) is 10.6 Å². The average Bonchev–Trinajstić information content (AvgIpc) is 2.84. The Bertz CT molecular complexity index is 340. The number of amides is 2. The highest BCUT2D eigenvalue weighted by molar-refractivity contribution is 5.82. The summed E-state index contributed by atoms with van der Waals surface area (Å²) in [6.07, 6.45) is 0.403. The summed E-state index contributed by atoms with van der Waals surface area (Å²) in [6, 6.07) is -1.80. The standard InChI is InChI=1S/C11H18N2O6/c14-9(15)2-1-8(10(16)17)13-11(18)12-5-7-3-4-19-6-7/h7-8H,1-6H2,(H,14,15)(H,16,17)(H2,12,13,18). The maximum Gasteiger partial charge on any atom is 0.326 e. The minimum absolute atomic E-state index is 0.148. The molecule has 1 aliphatic rings. The minimum atomic E-state index is -1.25. The highest BCUT2D eigenvalue weighted by Gasteiger charge is 2.22. The van der Waals surface area contributed by atoms with Crippen molar-refractivity contribution in [3.63, 3.8) is 0 Å². The second kappa shape index (κ2) is 7.57. The van der Waals surface area contributed by atoms with Gasteiger partial charge in [-0.25, -0.2) is 9.59 Å². The predicted molar refractivity (Wildman–Crippen MR) is 63.8 cm³/mol. The zero-order valence-electron chi connectivity index (χ0n) is 10.4. The van der Waals surface area contributed by atoms with E-state index in [0.29, 0.717) is 19.8 Å². The van der Waals surface area contributed by atoms with E-state index in [4.69, 9.17) is 14.9 Å². The van der Waals surface area contributed by atoms with Crippen molar-refractivity contribution in [3.8, 4) is 0 Å². The number of carboxylic acids is 2. The van der Waals surface area contributed by atoms with Gasteiger partial charge < -0.3 is 25.6 Å². The molecule has 19 heavy (non-hydrogen) atoms. The molecule has 0 radical (unpaired) electrons. The fourth-order valence-corrected chi connectivity index (χ4v) is 1.72. The zero-order chi connectivity index (χ0) is 14.3. The number of aliphatic carboxylic acids is 2. The normalized spacial score (nSPS) is 19.7. The number of carbonyl (C=O) groups excluding carboxylic acids is 1. The Morgan fingerprint density at radius 1 is 1.32 bits per heavy atom. The highest BCUT2D eigenvalue weighted by Crippen LogP contribution is 2.10. The van der Waals surface area contributed by atoms with E-state index in [9.17, 15) is 14.4 Å². The van der Waals surface area contributed by atoms with E-state index >= 15 is 0 Å². The number of ether oxygens (including phenoxy) is 1. The Kier molecular flexibility index (Phi) is 6.07. The van der Waals surface area contributed by atoms with Crippen molar-refractivity contribution in [3.05, 3.63) is 0 Å². The number of carbonyl (C=O) groups is 3. The summed E-state index contributed by atoms with van der Waals surface area (Å²) in [7, 11) is 0. The number of rotatable bonds is 7. The fraction of sp³-hybridized carbons (Fsp3) is 0.727. The number of hydrogen-bond acceptors (Lipinski definition) is 4. The van der Waals surface area contributed by atoms with Gasteiger partial charge in [-0.1, -0.05) is 0 Å². The molecule has 1 heterocycles. The van der Waals surface area contributed by atoms with Gasteiger partial charge in [0.05, 0.1) is 6.61 Å². The molecule has 8 nitrogen and oxygen atoms in total. The Hall–Kier alpha value is -1.83. The van der Waals surface area contributed by atoms with Crippen LogP contribution < -0.4 is 10.6 Å². The second-order valence-electron chi connectivity index (χ2n) is 4.41.